The molecular weight excluding hydrogens is 520 g/mol. The van der Waals surface area contributed by atoms with Gasteiger partial charge >= 0.3 is 0 Å². The SMILES string of the molecule is O=C(CCCCCCCCCCCC(=O)NC1O[C@H](CO)[C@@H](O)[C@H](O)[C@H]1O)NC1O[C@H](CO)[C@@H](O)[C@H](O)[C@H]1O. The average Bonchev–Trinajstić information content (AvgIpc) is 2.92. The Morgan fingerprint density at radius 2 is 0.795 bits per heavy atom. The van der Waals surface area contributed by atoms with Crippen molar-refractivity contribution in [2.45, 2.75) is 132 Å². The van der Waals surface area contributed by atoms with Gasteiger partial charge in [-0.2, -0.15) is 0 Å². The van der Waals surface area contributed by atoms with E-state index in [0.29, 0.717) is 12.8 Å². The number of hydrogen-bond acceptors (Lipinski definition) is 12. The van der Waals surface area contributed by atoms with E-state index in [4.69, 9.17) is 9.47 Å². The summed E-state index contributed by atoms with van der Waals surface area (Å²) in [5.41, 5.74) is 0. The second kappa shape index (κ2) is 17.4. The molecule has 2 heterocycles. The Labute approximate surface area is 227 Å². The van der Waals surface area contributed by atoms with Gasteiger partial charge in [0.2, 0.25) is 11.8 Å². The summed E-state index contributed by atoms with van der Waals surface area (Å²) in [7, 11) is 0. The number of hydrogen-bond donors (Lipinski definition) is 10. The standard InChI is InChI=1S/C25H46N2O12/c28-12-14-18(32)20(34)22(36)24(38-14)26-16(30)10-8-6-4-2-1-3-5-7-9-11-17(31)27-25-23(37)21(35)19(33)15(13-29)39-25/h14-15,18-25,28-29,32-37H,1-13H2,(H,26,30)(H,27,31)/t14-,15-,18-,19-,20+,21+,22-,23-,24?,25?/m1/s1. The molecule has 228 valence electrons. The number of carbonyl (C=O) groups excluding carboxylic acids is 2. The summed E-state index contributed by atoms with van der Waals surface area (Å²) in [6.45, 7) is -1.11. The van der Waals surface area contributed by atoms with Gasteiger partial charge in [0.1, 0.15) is 48.8 Å². The summed E-state index contributed by atoms with van der Waals surface area (Å²) in [6.07, 6.45) is -5.17. The molecule has 2 aliphatic heterocycles. The first-order chi connectivity index (χ1) is 18.6. The molecule has 2 unspecified atom stereocenters. The molecule has 0 aromatic carbocycles. The zero-order valence-corrected chi connectivity index (χ0v) is 22.2. The first kappa shape index (κ1) is 33.7. The van der Waals surface area contributed by atoms with Gasteiger partial charge in [-0.3, -0.25) is 9.59 Å². The van der Waals surface area contributed by atoms with Gasteiger partial charge in [0.15, 0.2) is 12.5 Å². The fraction of sp³-hybridized carbons (Fsp3) is 0.920. The van der Waals surface area contributed by atoms with E-state index in [1.54, 1.807) is 0 Å². The van der Waals surface area contributed by atoms with E-state index < -0.39 is 74.5 Å². The smallest absolute Gasteiger partial charge is 0.222 e. The van der Waals surface area contributed by atoms with Crippen molar-refractivity contribution in [3.8, 4) is 0 Å². The van der Waals surface area contributed by atoms with Crippen LogP contribution in [0.25, 0.3) is 0 Å². The second-order valence-corrected chi connectivity index (χ2v) is 10.3. The summed E-state index contributed by atoms with van der Waals surface area (Å²) in [4.78, 5) is 24.2. The van der Waals surface area contributed by atoms with Crippen molar-refractivity contribution in [3.63, 3.8) is 0 Å². The van der Waals surface area contributed by atoms with Crippen LogP contribution < -0.4 is 10.6 Å². The molecule has 2 rings (SSSR count). The Bertz CT molecular complexity index is 669. The number of carbonyl (C=O) groups is 2. The molecule has 14 nitrogen and oxygen atoms in total. The lowest BCUT2D eigenvalue weighted by atomic mass is 9.98. The number of rotatable bonds is 16. The molecule has 2 saturated heterocycles. The molecule has 2 amide bonds. The summed E-state index contributed by atoms with van der Waals surface area (Å²) < 4.78 is 10.5. The number of amides is 2. The minimum Gasteiger partial charge on any atom is -0.394 e. The lowest BCUT2D eigenvalue weighted by Gasteiger charge is -2.40. The van der Waals surface area contributed by atoms with Crippen molar-refractivity contribution in [3.05, 3.63) is 0 Å². The predicted octanol–water partition coefficient (Wildman–Crippen LogP) is -2.89. The first-order valence-electron chi connectivity index (χ1n) is 13.8. The quantitative estimate of drug-likeness (QED) is 0.0847. The molecule has 2 fully saturated rings. The zero-order valence-electron chi connectivity index (χ0n) is 22.2. The summed E-state index contributed by atoms with van der Waals surface area (Å²) >= 11 is 0. The van der Waals surface area contributed by atoms with Crippen LogP contribution in [0.4, 0.5) is 0 Å². The number of aliphatic hydroxyl groups excluding tert-OH is 8. The molecular formula is C25H46N2O12. The van der Waals surface area contributed by atoms with Crippen LogP contribution in [0.3, 0.4) is 0 Å². The van der Waals surface area contributed by atoms with Crippen molar-refractivity contribution in [1.82, 2.24) is 10.6 Å². The minimum atomic E-state index is -1.53. The van der Waals surface area contributed by atoms with E-state index in [2.05, 4.69) is 10.6 Å². The molecule has 0 spiro atoms. The average molecular weight is 567 g/mol. The fourth-order valence-corrected chi connectivity index (χ4v) is 4.71. The van der Waals surface area contributed by atoms with Gasteiger partial charge in [-0.25, -0.2) is 0 Å². The van der Waals surface area contributed by atoms with Gasteiger partial charge < -0.3 is 61.0 Å². The maximum atomic E-state index is 12.1. The van der Waals surface area contributed by atoms with E-state index >= 15 is 0 Å². The molecule has 0 radical (unpaired) electrons. The Kier molecular flexibility index (Phi) is 15.0. The van der Waals surface area contributed by atoms with Crippen LogP contribution in [-0.4, -0.2) is 127 Å². The highest BCUT2D eigenvalue weighted by atomic mass is 16.6. The molecule has 0 bridgehead atoms. The van der Waals surface area contributed by atoms with E-state index in [9.17, 15) is 50.4 Å². The second-order valence-electron chi connectivity index (χ2n) is 10.3. The van der Waals surface area contributed by atoms with Crippen LogP contribution in [0.15, 0.2) is 0 Å². The third-order valence-electron chi connectivity index (χ3n) is 7.20. The van der Waals surface area contributed by atoms with Crippen LogP contribution in [0, 0.1) is 0 Å². The Hall–Kier alpha value is -1.46. The van der Waals surface area contributed by atoms with Gasteiger partial charge in [-0.1, -0.05) is 44.9 Å². The Morgan fingerprint density at radius 3 is 1.10 bits per heavy atom. The van der Waals surface area contributed by atoms with Crippen molar-refractivity contribution in [1.29, 1.82) is 0 Å². The Balaban J connectivity index is 1.46. The third kappa shape index (κ3) is 10.5. The van der Waals surface area contributed by atoms with Crippen LogP contribution >= 0.6 is 0 Å². The largest absolute Gasteiger partial charge is 0.394 e. The zero-order chi connectivity index (χ0) is 28.9. The summed E-state index contributed by atoms with van der Waals surface area (Å²) in [5.74, 6) is -0.704. The monoisotopic (exact) mass is 566 g/mol. The van der Waals surface area contributed by atoms with Crippen LogP contribution in [0.2, 0.25) is 0 Å². The molecule has 0 aromatic rings. The van der Waals surface area contributed by atoms with Crippen LogP contribution in [-0.2, 0) is 19.1 Å². The molecule has 0 saturated carbocycles. The topological polar surface area (TPSA) is 238 Å². The maximum absolute atomic E-state index is 12.1. The van der Waals surface area contributed by atoms with Crippen LogP contribution in [0.1, 0.15) is 70.6 Å². The maximum Gasteiger partial charge on any atom is 0.222 e. The van der Waals surface area contributed by atoms with E-state index in [0.717, 1.165) is 44.9 Å². The lowest BCUT2D eigenvalue weighted by Crippen LogP contribution is -2.63. The van der Waals surface area contributed by atoms with Crippen molar-refractivity contribution in [2.24, 2.45) is 0 Å². The van der Waals surface area contributed by atoms with Crippen molar-refractivity contribution < 1.29 is 59.9 Å². The highest BCUT2D eigenvalue weighted by molar-refractivity contribution is 5.76. The van der Waals surface area contributed by atoms with Gasteiger partial charge in [0.05, 0.1) is 13.2 Å². The highest BCUT2D eigenvalue weighted by Gasteiger charge is 2.45. The van der Waals surface area contributed by atoms with Gasteiger partial charge in [-0.15, -0.1) is 0 Å². The molecule has 39 heavy (non-hydrogen) atoms. The normalized spacial score (nSPS) is 35.0. The van der Waals surface area contributed by atoms with Gasteiger partial charge in [-0.05, 0) is 12.8 Å². The van der Waals surface area contributed by atoms with Gasteiger partial charge in [0.25, 0.3) is 0 Å². The van der Waals surface area contributed by atoms with E-state index in [1.165, 1.54) is 0 Å². The van der Waals surface area contributed by atoms with E-state index in [-0.39, 0.29) is 24.7 Å². The van der Waals surface area contributed by atoms with Crippen molar-refractivity contribution >= 4 is 11.8 Å². The third-order valence-corrected chi connectivity index (χ3v) is 7.20. The van der Waals surface area contributed by atoms with Gasteiger partial charge in [0, 0.05) is 12.8 Å². The number of unbranched alkanes of at least 4 members (excludes halogenated alkanes) is 8. The van der Waals surface area contributed by atoms with E-state index in [1.807, 2.05) is 0 Å². The molecule has 0 aliphatic carbocycles. The summed E-state index contributed by atoms with van der Waals surface area (Å²) in [5, 5.41) is 82.4. The molecule has 2 aliphatic rings. The molecule has 14 heteroatoms. The molecule has 0 aromatic heterocycles. The fourth-order valence-electron chi connectivity index (χ4n) is 4.71. The Morgan fingerprint density at radius 1 is 0.487 bits per heavy atom. The number of aliphatic hydroxyl groups is 8. The van der Waals surface area contributed by atoms with Crippen LogP contribution in [0.5, 0.6) is 0 Å². The number of nitrogens with one attached hydrogen (secondary N) is 2. The molecule has 10 N–H and O–H groups in total. The summed E-state index contributed by atoms with van der Waals surface area (Å²) in [6, 6.07) is 0. The molecule has 10 atom stereocenters. The first-order valence-corrected chi connectivity index (χ1v) is 13.8. The number of ether oxygens (including phenoxy) is 2. The lowest BCUT2D eigenvalue weighted by molar-refractivity contribution is -0.236. The minimum absolute atomic E-state index is 0.222. The highest BCUT2D eigenvalue weighted by Crippen LogP contribution is 2.21. The predicted molar refractivity (Wildman–Crippen MR) is 135 cm³/mol. The van der Waals surface area contributed by atoms with Crippen molar-refractivity contribution in [2.75, 3.05) is 13.2 Å².